The molecule has 0 aliphatic carbocycles. The maximum atomic E-state index is 13.1. The number of aryl methyl sites for hydroxylation is 1. The van der Waals surface area contributed by atoms with Crippen molar-refractivity contribution in [1.29, 1.82) is 0 Å². The van der Waals surface area contributed by atoms with Gasteiger partial charge in [-0.2, -0.15) is 5.10 Å². The minimum Gasteiger partial charge on any atom is -0.489 e. The summed E-state index contributed by atoms with van der Waals surface area (Å²) in [6.45, 7) is 3.75. The van der Waals surface area contributed by atoms with Gasteiger partial charge in [-0.1, -0.05) is 35.9 Å². The van der Waals surface area contributed by atoms with Crippen LogP contribution in [0.2, 0.25) is 5.15 Å². The maximum Gasteiger partial charge on any atom is 0.278 e. The van der Waals surface area contributed by atoms with Crippen LogP contribution in [0.25, 0.3) is 11.1 Å². The number of amides is 2. The molecule has 1 unspecified atom stereocenters. The van der Waals surface area contributed by atoms with Crippen LogP contribution in [0.3, 0.4) is 0 Å². The number of hydrogen-bond acceptors (Lipinski definition) is 11. The molecule has 14 nitrogen and oxygen atoms in total. The second kappa shape index (κ2) is 20.3. The van der Waals surface area contributed by atoms with Crippen molar-refractivity contribution in [3.05, 3.63) is 75.4 Å². The maximum absolute atomic E-state index is 13.1. The molecule has 2 heterocycles. The van der Waals surface area contributed by atoms with Crippen LogP contribution in [-0.4, -0.2) is 106 Å². The molecule has 0 bridgehead atoms. The Hall–Kier alpha value is -3.92. The van der Waals surface area contributed by atoms with Gasteiger partial charge in [-0.15, -0.1) is 0 Å². The monoisotopic (exact) mass is 660 g/mol. The molecule has 2 aromatic heterocycles. The highest BCUT2D eigenvalue weighted by atomic mass is 35.5. The zero-order valence-corrected chi connectivity index (χ0v) is 26.8. The zero-order chi connectivity index (χ0) is 33.1. The molecule has 46 heavy (non-hydrogen) atoms. The summed E-state index contributed by atoms with van der Waals surface area (Å²) < 4.78 is 28.3. The lowest BCUT2D eigenvalue weighted by Gasteiger charge is -2.19. The van der Waals surface area contributed by atoms with E-state index in [1.165, 1.54) is 30.3 Å². The third-order valence-corrected chi connectivity index (χ3v) is 6.81. The van der Waals surface area contributed by atoms with Crippen molar-refractivity contribution >= 4 is 23.4 Å². The molecule has 15 heteroatoms. The minimum atomic E-state index is -0.922. The van der Waals surface area contributed by atoms with Gasteiger partial charge in [0.05, 0.1) is 63.6 Å². The first-order chi connectivity index (χ1) is 22.3. The number of carbonyl (C=O) groups is 2. The molecule has 0 radical (unpaired) electrons. The van der Waals surface area contributed by atoms with Crippen LogP contribution in [0.15, 0.2) is 53.6 Å². The SMILES string of the molecule is COCCNC(=O)C(Cc1ccc(-c2c(OCCOCCOCCOCCN)cnn(C)c2=O)cc1)NC(=O)c1cccnc1Cl. The van der Waals surface area contributed by atoms with Gasteiger partial charge in [-0.05, 0) is 23.3 Å². The van der Waals surface area contributed by atoms with Crippen molar-refractivity contribution in [1.82, 2.24) is 25.4 Å². The number of ether oxygens (including phenoxy) is 5. The molecular weight excluding hydrogens is 620 g/mol. The predicted molar refractivity (Wildman–Crippen MR) is 171 cm³/mol. The molecule has 0 fully saturated rings. The van der Waals surface area contributed by atoms with Gasteiger partial charge in [0, 0.05) is 39.9 Å². The summed E-state index contributed by atoms with van der Waals surface area (Å²) in [6, 6.07) is 9.25. The Morgan fingerprint density at radius 3 is 2.30 bits per heavy atom. The summed E-state index contributed by atoms with van der Waals surface area (Å²) in [5.41, 5.74) is 6.84. The third-order valence-electron chi connectivity index (χ3n) is 6.51. The highest BCUT2D eigenvalue weighted by Gasteiger charge is 2.23. The Bertz CT molecular complexity index is 1440. The molecule has 1 atom stereocenters. The molecule has 0 spiro atoms. The molecule has 3 rings (SSSR count). The predicted octanol–water partition coefficient (Wildman–Crippen LogP) is 0.987. The van der Waals surface area contributed by atoms with Crippen LogP contribution in [0.1, 0.15) is 15.9 Å². The largest absolute Gasteiger partial charge is 0.489 e. The van der Waals surface area contributed by atoms with Gasteiger partial charge in [-0.3, -0.25) is 14.4 Å². The summed E-state index contributed by atoms with van der Waals surface area (Å²) in [6.07, 6.45) is 3.12. The molecule has 4 N–H and O–H groups in total. The number of benzene rings is 1. The number of hydrogen-bond donors (Lipinski definition) is 3. The topological polar surface area (TPSA) is 178 Å². The van der Waals surface area contributed by atoms with Crippen molar-refractivity contribution in [3.63, 3.8) is 0 Å². The molecule has 0 aliphatic heterocycles. The van der Waals surface area contributed by atoms with Crippen molar-refractivity contribution in [2.75, 3.05) is 73.1 Å². The first-order valence-electron chi connectivity index (χ1n) is 14.8. The summed E-state index contributed by atoms with van der Waals surface area (Å²) >= 11 is 6.09. The smallest absolute Gasteiger partial charge is 0.278 e. The van der Waals surface area contributed by atoms with Gasteiger partial charge in [0.15, 0.2) is 5.75 Å². The van der Waals surface area contributed by atoms with E-state index in [1.807, 2.05) is 0 Å². The Morgan fingerprint density at radius 2 is 1.65 bits per heavy atom. The van der Waals surface area contributed by atoms with E-state index >= 15 is 0 Å². The van der Waals surface area contributed by atoms with E-state index in [0.717, 1.165) is 5.56 Å². The molecule has 0 saturated carbocycles. The number of nitrogens with one attached hydrogen (secondary N) is 2. The number of carbonyl (C=O) groups excluding carboxylic acids is 2. The standard InChI is InChI=1S/C31H41ClN6O8/c1-38-31(41)27(26(21-36-38)46-19-18-45-17-16-44-15-14-43-12-9-33)23-7-5-22(6-8-23)20-25(30(40)35-11-13-42-2)37-29(39)24-4-3-10-34-28(24)32/h3-8,10,21,25H,9,11-20,33H2,1-2H3,(H,35,40)(H,37,39). The lowest BCUT2D eigenvalue weighted by atomic mass is 10.0. The van der Waals surface area contributed by atoms with Crippen LogP contribution >= 0.6 is 11.6 Å². The fourth-order valence-corrected chi connectivity index (χ4v) is 4.38. The fourth-order valence-electron chi connectivity index (χ4n) is 4.18. The van der Waals surface area contributed by atoms with E-state index in [2.05, 4.69) is 20.7 Å². The molecule has 2 amide bonds. The van der Waals surface area contributed by atoms with Crippen LogP contribution in [-0.2, 0) is 37.2 Å². The second-order valence-corrected chi connectivity index (χ2v) is 10.2. The van der Waals surface area contributed by atoms with Crippen LogP contribution in [0, 0.1) is 0 Å². The quantitative estimate of drug-likeness (QED) is 0.110. The summed E-state index contributed by atoms with van der Waals surface area (Å²) in [4.78, 5) is 43.0. The Labute approximate surface area is 272 Å². The van der Waals surface area contributed by atoms with E-state index in [4.69, 9.17) is 41.0 Å². The molecule has 0 aliphatic rings. The second-order valence-electron chi connectivity index (χ2n) is 9.84. The van der Waals surface area contributed by atoms with E-state index in [1.54, 1.807) is 37.4 Å². The van der Waals surface area contributed by atoms with E-state index in [9.17, 15) is 14.4 Å². The lowest BCUT2D eigenvalue weighted by Crippen LogP contribution is -2.48. The van der Waals surface area contributed by atoms with E-state index in [-0.39, 0.29) is 42.5 Å². The Balaban J connectivity index is 1.64. The highest BCUT2D eigenvalue weighted by molar-refractivity contribution is 6.32. The zero-order valence-electron chi connectivity index (χ0n) is 26.0. The van der Waals surface area contributed by atoms with Gasteiger partial charge in [0.25, 0.3) is 11.5 Å². The average molecular weight is 661 g/mol. The van der Waals surface area contributed by atoms with Gasteiger partial charge in [0.2, 0.25) is 5.91 Å². The van der Waals surface area contributed by atoms with Crippen molar-refractivity contribution in [2.24, 2.45) is 12.8 Å². The summed E-state index contributed by atoms with van der Waals surface area (Å²) in [5.74, 6) is -0.615. The van der Waals surface area contributed by atoms with Crippen LogP contribution < -0.4 is 26.7 Å². The number of nitrogens with two attached hydrogens (primary N) is 1. The molecule has 250 valence electrons. The molecule has 3 aromatic rings. The van der Waals surface area contributed by atoms with Gasteiger partial charge >= 0.3 is 0 Å². The number of nitrogens with zero attached hydrogens (tertiary/aromatic N) is 3. The first kappa shape index (κ1) is 36.5. The van der Waals surface area contributed by atoms with Crippen LogP contribution in [0.4, 0.5) is 0 Å². The van der Waals surface area contributed by atoms with Gasteiger partial charge < -0.3 is 40.1 Å². The fraction of sp³-hybridized carbons (Fsp3) is 0.452. The Kier molecular flexibility index (Phi) is 16.1. The minimum absolute atomic E-state index is 0.0284. The van der Waals surface area contributed by atoms with Crippen molar-refractivity contribution in [2.45, 2.75) is 12.5 Å². The summed E-state index contributed by atoms with van der Waals surface area (Å²) in [5, 5.41) is 9.63. The summed E-state index contributed by atoms with van der Waals surface area (Å²) in [7, 11) is 3.08. The van der Waals surface area contributed by atoms with Crippen molar-refractivity contribution < 1.29 is 33.3 Å². The van der Waals surface area contributed by atoms with Gasteiger partial charge in [0.1, 0.15) is 17.8 Å². The first-order valence-corrected chi connectivity index (χ1v) is 15.1. The number of rotatable bonds is 21. The van der Waals surface area contributed by atoms with Crippen molar-refractivity contribution in [3.8, 4) is 16.9 Å². The van der Waals surface area contributed by atoms with Crippen LogP contribution in [0.5, 0.6) is 5.75 Å². The molecule has 0 saturated heterocycles. The van der Waals surface area contributed by atoms with E-state index < -0.39 is 17.9 Å². The third kappa shape index (κ3) is 11.8. The normalized spacial score (nSPS) is 11.7. The average Bonchev–Trinajstić information content (AvgIpc) is 3.05. The molecule has 1 aromatic carbocycles. The Morgan fingerprint density at radius 1 is 0.978 bits per heavy atom. The lowest BCUT2D eigenvalue weighted by molar-refractivity contribution is -0.123. The number of pyridine rings is 1. The number of aromatic nitrogens is 3. The van der Waals surface area contributed by atoms with Gasteiger partial charge in [-0.25, -0.2) is 9.67 Å². The van der Waals surface area contributed by atoms with E-state index in [0.29, 0.717) is 63.1 Å². The molecular formula is C31H41ClN6O8. The number of methoxy groups -OCH3 is 1. The highest BCUT2D eigenvalue weighted by Crippen LogP contribution is 2.26. The number of halogens is 1.